The second-order valence-corrected chi connectivity index (χ2v) is 8.83. The Bertz CT molecular complexity index is 1510. The molecule has 0 radical (unpaired) electrons. The van der Waals surface area contributed by atoms with Gasteiger partial charge in [-0.2, -0.15) is 10.4 Å². The Kier molecular flexibility index (Phi) is 5.57. The van der Waals surface area contributed by atoms with Crippen LogP contribution in [0.5, 0.6) is 0 Å². The molecule has 8 nitrogen and oxygen atoms in total. The van der Waals surface area contributed by atoms with Crippen LogP contribution in [0.4, 0.5) is 8.78 Å². The van der Waals surface area contributed by atoms with Gasteiger partial charge >= 0.3 is 0 Å². The van der Waals surface area contributed by atoms with Gasteiger partial charge in [0.15, 0.2) is 5.82 Å². The van der Waals surface area contributed by atoms with Crippen LogP contribution in [0.2, 0.25) is 0 Å². The lowest BCUT2D eigenvalue weighted by Gasteiger charge is -2.30. The van der Waals surface area contributed by atoms with Crippen molar-refractivity contribution in [3.05, 3.63) is 65.1 Å². The quantitative estimate of drug-likeness (QED) is 0.489. The summed E-state index contributed by atoms with van der Waals surface area (Å²) in [6.45, 7) is 2.71. The number of halogens is 2. The molecule has 2 N–H and O–H groups in total. The van der Waals surface area contributed by atoms with Crippen LogP contribution in [0, 0.1) is 29.9 Å². The number of amides is 1. The van der Waals surface area contributed by atoms with E-state index in [0.717, 1.165) is 12.8 Å². The summed E-state index contributed by atoms with van der Waals surface area (Å²) in [6, 6.07) is 8.86. The molecule has 4 aromatic rings. The van der Waals surface area contributed by atoms with E-state index >= 15 is 0 Å². The fraction of sp³-hybridized carbons (Fsp3) is 0.280. The number of fused-ring (bicyclic) bond motifs is 1. The van der Waals surface area contributed by atoms with Crippen molar-refractivity contribution in [2.75, 3.05) is 13.1 Å². The van der Waals surface area contributed by atoms with E-state index in [-0.39, 0.29) is 34.5 Å². The molecule has 2 aromatic carbocycles. The van der Waals surface area contributed by atoms with Gasteiger partial charge in [0, 0.05) is 49.4 Å². The third kappa shape index (κ3) is 3.94. The number of aryl methyl sites for hydroxylation is 1. The largest absolute Gasteiger partial charge is 0.336 e. The highest BCUT2D eigenvalue weighted by Crippen LogP contribution is 2.31. The molecule has 35 heavy (non-hydrogen) atoms. The molecule has 178 valence electrons. The van der Waals surface area contributed by atoms with Gasteiger partial charge in [-0.15, -0.1) is 0 Å². The number of aromatic nitrogens is 4. The number of benzene rings is 2. The van der Waals surface area contributed by atoms with Crippen LogP contribution in [0.3, 0.4) is 0 Å². The number of carbonyl (C=O) groups is 1. The number of hydrogen-bond donors (Lipinski definition) is 1. The van der Waals surface area contributed by atoms with E-state index in [1.165, 1.54) is 22.9 Å². The van der Waals surface area contributed by atoms with Crippen LogP contribution in [-0.2, 0) is 7.05 Å². The zero-order chi connectivity index (χ0) is 24.9. The van der Waals surface area contributed by atoms with E-state index in [9.17, 15) is 13.6 Å². The van der Waals surface area contributed by atoms with Gasteiger partial charge in [0.05, 0.1) is 16.9 Å². The number of nitriles is 1. The van der Waals surface area contributed by atoms with Gasteiger partial charge in [-0.3, -0.25) is 14.0 Å². The molecule has 0 spiro atoms. The summed E-state index contributed by atoms with van der Waals surface area (Å²) in [6.07, 6.45) is 3.33. The summed E-state index contributed by atoms with van der Waals surface area (Å²) in [5.74, 6) is -1.26. The van der Waals surface area contributed by atoms with E-state index in [4.69, 9.17) is 11.0 Å². The lowest BCUT2D eigenvalue weighted by Crippen LogP contribution is -2.46. The molecule has 5 rings (SSSR count). The van der Waals surface area contributed by atoms with E-state index in [1.807, 2.05) is 0 Å². The minimum atomic E-state index is -0.707. The first-order valence-corrected chi connectivity index (χ1v) is 11.2. The first-order chi connectivity index (χ1) is 16.8. The zero-order valence-electron chi connectivity index (χ0n) is 19.3. The monoisotopic (exact) mass is 475 g/mol. The molecular weight excluding hydrogens is 452 g/mol. The normalized spacial score (nSPS) is 16.0. The van der Waals surface area contributed by atoms with Crippen molar-refractivity contribution in [1.82, 2.24) is 24.2 Å². The average Bonchev–Trinajstić information content (AvgIpc) is 3.38. The van der Waals surface area contributed by atoms with E-state index < -0.39 is 11.6 Å². The van der Waals surface area contributed by atoms with Gasteiger partial charge in [0.25, 0.3) is 5.91 Å². The van der Waals surface area contributed by atoms with Crippen molar-refractivity contribution < 1.29 is 13.6 Å². The van der Waals surface area contributed by atoms with Gasteiger partial charge in [-0.25, -0.2) is 13.8 Å². The molecule has 0 unspecified atom stereocenters. The van der Waals surface area contributed by atoms with Crippen molar-refractivity contribution in [1.29, 1.82) is 5.26 Å². The minimum Gasteiger partial charge on any atom is -0.336 e. The Morgan fingerprint density at radius 1 is 1.23 bits per heavy atom. The highest BCUT2D eigenvalue weighted by molar-refractivity contribution is 5.95. The molecule has 1 saturated heterocycles. The van der Waals surface area contributed by atoms with E-state index in [0.29, 0.717) is 35.4 Å². The molecule has 1 atom stereocenters. The first kappa shape index (κ1) is 22.7. The number of rotatable bonds is 3. The van der Waals surface area contributed by atoms with E-state index in [2.05, 4.69) is 10.1 Å². The molecule has 1 amide bonds. The molecule has 3 heterocycles. The van der Waals surface area contributed by atoms with Gasteiger partial charge in [-0.1, -0.05) is 0 Å². The van der Waals surface area contributed by atoms with Crippen molar-refractivity contribution >= 4 is 16.8 Å². The molecule has 1 aliphatic rings. The minimum absolute atomic E-state index is 0.106. The van der Waals surface area contributed by atoms with Crippen LogP contribution in [0.25, 0.3) is 28.0 Å². The summed E-state index contributed by atoms with van der Waals surface area (Å²) in [4.78, 5) is 19.7. The molecule has 0 bridgehead atoms. The molecule has 1 aliphatic heterocycles. The van der Waals surface area contributed by atoms with E-state index in [1.54, 1.807) is 47.8 Å². The maximum absolute atomic E-state index is 15.0. The second kappa shape index (κ2) is 8.60. The Balaban J connectivity index is 1.71. The standard InChI is InChI=1S/C25H23F2N7O/c1-14-22(25(35)33-7-3-4-18(29)13-33)30-24(15-5-6-16(11-28)20(26)9-15)34(14)19-8-17-12-32(2)31-23(17)21(27)10-19/h5-6,8-10,12,18H,3-4,7,13,29H2,1-2H3/t18-/m1/s1. The third-order valence-corrected chi connectivity index (χ3v) is 6.32. The smallest absolute Gasteiger partial charge is 0.274 e. The summed E-state index contributed by atoms with van der Waals surface area (Å²) in [7, 11) is 1.70. The average molecular weight is 476 g/mol. The third-order valence-electron chi connectivity index (χ3n) is 6.32. The summed E-state index contributed by atoms with van der Waals surface area (Å²) in [5, 5.41) is 13.8. The molecular formula is C25H23F2N7O. The maximum atomic E-state index is 15.0. The maximum Gasteiger partial charge on any atom is 0.274 e. The number of nitrogens with zero attached hydrogens (tertiary/aromatic N) is 6. The Hall–Kier alpha value is -4.10. The molecule has 0 saturated carbocycles. The van der Waals surface area contributed by atoms with Crippen molar-refractivity contribution in [3.8, 4) is 23.1 Å². The number of nitrogens with two attached hydrogens (primary N) is 1. The Morgan fingerprint density at radius 2 is 2.03 bits per heavy atom. The number of hydrogen-bond acceptors (Lipinski definition) is 5. The van der Waals surface area contributed by atoms with Crippen LogP contribution < -0.4 is 5.73 Å². The Labute approximate surface area is 200 Å². The van der Waals surface area contributed by atoms with Crippen LogP contribution in [0.1, 0.15) is 34.6 Å². The van der Waals surface area contributed by atoms with Crippen LogP contribution in [-0.4, -0.2) is 49.3 Å². The number of likely N-dealkylation sites (tertiary alicyclic amines) is 1. The zero-order valence-corrected chi connectivity index (χ0v) is 19.3. The second-order valence-electron chi connectivity index (χ2n) is 8.83. The predicted molar refractivity (Wildman–Crippen MR) is 126 cm³/mol. The number of piperidine rings is 1. The fourth-order valence-corrected chi connectivity index (χ4v) is 4.63. The van der Waals surface area contributed by atoms with Crippen molar-refractivity contribution in [3.63, 3.8) is 0 Å². The highest BCUT2D eigenvalue weighted by atomic mass is 19.1. The summed E-state index contributed by atoms with van der Waals surface area (Å²) >= 11 is 0. The topological polar surface area (TPSA) is 106 Å². The lowest BCUT2D eigenvalue weighted by molar-refractivity contribution is 0.0702. The van der Waals surface area contributed by atoms with Crippen molar-refractivity contribution in [2.24, 2.45) is 12.8 Å². The van der Waals surface area contributed by atoms with Crippen molar-refractivity contribution in [2.45, 2.75) is 25.8 Å². The number of imidazole rings is 1. The summed E-state index contributed by atoms with van der Waals surface area (Å²) < 4.78 is 32.7. The van der Waals surface area contributed by atoms with Gasteiger partial charge < -0.3 is 10.6 Å². The highest BCUT2D eigenvalue weighted by Gasteiger charge is 2.29. The Morgan fingerprint density at radius 3 is 2.74 bits per heavy atom. The predicted octanol–water partition coefficient (Wildman–Crippen LogP) is 3.45. The lowest BCUT2D eigenvalue weighted by atomic mass is 10.1. The summed E-state index contributed by atoms with van der Waals surface area (Å²) in [5.41, 5.74) is 7.63. The van der Waals surface area contributed by atoms with Gasteiger partial charge in [-0.05, 0) is 44.0 Å². The molecule has 1 fully saturated rings. The van der Waals surface area contributed by atoms with Crippen LogP contribution >= 0.6 is 0 Å². The van der Waals surface area contributed by atoms with Crippen LogP contribution in [0.15, 0.2) is 36.5 Å². The number of carbonyl (C=O) groups excluding carboxylic acids is 1. The van der Waals surface area contributed by atoms with Gasteiger partial charge in [0.1, 0.15) is 28.9 Å². The van der Waals surface area contributed by atoms with Gasteiger partial charge in [0.2, 0.25) is 0 Å². The molecule has 0 aliphatic carbocycles. The fourth-order valence-electron chi connectivity index (χ4n) is 4.63. The molecule has 10 heteroatoms. The SMILES string of the molecule is Cc1c(C(=O)N2CCC[C@@H](N)C2)nc(-c2ccc(C#N)c(F)c2)n1-c1cc(F)c2nn(C)cc2c1. The first-order valence-electron chi connectivity index (χ1n) is 11.2. The molecule has 2 aromatic heterocycles.